The molecule has 0 saturated carbocycles. The summed E-state index contributed by atoms with van der Waals surface area (Å²) in [6.45, 7) is -0.814. The van der Waals surface area contributed by atoms with E-state index in [1.807, 2.05) is 0 Å². The van der Waals surface area contributed by atoms with E-state index in [0.717, 1.165) is 24.3 Å². The van der Waals surface area contributed by atoms with E-state index in [9.17, 15) is 70.9 Å². The van der Waals surface area contributed by atoms with Crippen LogP contribution < -0.4 is 10.2 Å². The van der Waals surface area contributed by atoms with E-state index < -0.39 is 130 Å². The van der Waals surface area contributed by atoms with Gasteiger partial charge in [0.1, 0.15) is 82.8 Å². The maximum absolute atomic E-state index is 13.3. The van der Waals surface area contributed by atoms with Crippen LogP contribution in [0.15, 0.2) is 33.5 Å². The van der Waals surface area contributed by atoms with Crippen LogP contribution in [0.2, 0.25) is 0 Å². The fourth-order valence-corrected chi connectivity index (χ4v) is 5.18. The van der Waals surface area contributed by atoms with Crippen molar-refractivity contribution in [2.75, 3.05) is 6.61 Å². The third-order valence-electron chi connectivity index (χ3n) is 7.59. The lowest BCUT2D eigenvalue weighted by molar-refractivity contribution is -0.271. The number of hydrogen-bond acceptors (Lipinski definition) is 17. The minimum Gasteiger partial charge on any atom is -0.507 e. The number of aliphatic carboxylic acids is 1. The molecule has 0 spiro atoms. The van der Waals surface area contributed by atoms with Gasteiger partial charge in [-0.3, -0.25) is 4.79 Å². The zero-order valence-corrected chi connectivity index (χ0v) is 22.6. The molecule has 3 heterocycles. The molecule has 0 radical (unpaired) electrons. The Morgan fingerprint density at radius 1 is 0.778 bits per heavy atom. The van der Waals surface area contributed by atoms with Crippen molar-refractivity contribution in [1.82, 2.24) is 0 Å². The third kappa shape index (κ3) is 5.47. The number of hydrogen-bond donors (Lipinski definition) is 12. The molecule has 18 nitrogen and oxygen atoms in total. The Hall–Kier alpha value is -4.24. The molecule has 1 aromatic heterocycles. The molecule has 244 valence electrons. The lowest BCUT2D eigenvalue weighted by Crippen LogP contribution is -2.61. The molecule has 0 aliphatic carbocycles. The highest BCUT2D eigenvalue weighted by molar-refractivity contribution is 5.88. The number of ether oxygens (including phenoxy) is 3. The lowest BCUT2D eigenvalue weighted by atomic mass is 9.89. The number of aromatic hydroxyl groups is 4. The van der Waals surface area contributed by atoms with Crippen molar-refractivity contribution in [3.05, 3.63) is 40.1 Å². The van der Waals surface area contributed by atoms with Gasteiger partial charge in [0.2, 0.25) is 6.29 Å². The van der Waals surface area contributed by atoms with Crippen LogP contribution in [0.25, 0.3) is 22.3 Å². The van der Waals surface area contributed by atoms with E-state index in [0.29, 0.717) is 0 Å². The Kier molecular flexibility index (Phi) is 8.53. The second-order valence-corrected chi connectivity index (χ2v) is 10.4. The highest BCUT2D eigenvalue weighted by Crippen LogP contribution is 2.46. The standard InChI is InChI=1S/C27H28O18/c28-5-14-17(33)19(35)21(37)24(43-14)16-10(32)4-13-15(18(16)34)9(31)3-11(42-13)6-1-7(29)8(30)2-12(6)44-27-23(39)20(36)22(38)25(45-27)26(40)41/h1-4,14,17,19-25,27-30,32-39H,5H2,(H,40,41). The van der Waals surface area contributed by atoms with Gasteiger partial charge < -0.3 is 79.9 Å². The number of rotatable bonds is 6. The largest absolute Gasteiger partial charge is 0.507 e. The molecule has 2 aliphatic rings. The summed E-state index contributed by atoms with van der Waals surface area (Å²) >= 11 is 0. The SMILES string of the molecule is O=C(O)C1OC(Oc2cc(O)c(O)cc2-c2cc(=O)c3c(O)c(C4OC(CO)C(O)C(O)C4O)c(O)cc3o2)C(O)C(O)C1O. The summed E-state index contributed by atoms with van der Waals surface area (Å²) < 4.78 is 21.6. The highest BCUT2D eigenvalue weighted by atomic mass is 16.7. The van der Waals surface area contributed by atoms with E-state index in [1.54, 1.807) is 0 Å². The fraction of sp³-hybridized carbons (Fsp3) is 0.407. The molecular formula is C27H28O18. The zero-order valence-electron chi connectivity index (χ0n) is 22.6. The summed E-state index contributed by atoms with van der Waals surface area (Å²) in [5.41, 5.74) is -2.39. The van der Waals surface area contributed by atoms with Gasteiger partial charge in [0.05, 0.1) is 17.7 Å². The number of carboxylic acid groups (broad SMARTS) is 1. The molecule has 18 heteroatoms. The number of fused-ring (bicyclic) bond motifs is 1. The molecule has 2 aromatic carbocycles. The molecule has 2 aliphatic heterocycles. The summed E-state index contributed by atoms with van der Waals surface area (Å²) in [6.07, 6.45) is -18.9. The van der Waals surface area contributed by atoms with Crippen LogP contribution in [0.3, 0.4) is 0 Å². The Morgan fingerprint density at radius 3 is 2.07 bits per heavy atom. The lowest BCUT2D eigenvalue weighted by Gasteiger charge is -2.40. The molecule has 0 amide bonds. The summed E-state index contributed by atoms with van der Waals surface area (Å²) in [4.78, 5) is 24.8. The highest BCUT2D eigenvalue weighted by Gasteiger charge is 2.49. The van der Waals surface area contributed by atoms with Gasteiger partial charge in [0.25, 0.3) is 0 Å². The number of benzene rings is 2. The fourth-order valence-electron chi connectivity index (χ4n) is 5.18. The first-order valence-corrected chi connectivity index (χ1v) is 13.1. The molecule has 5 rings (SSSR count). The van der Waals surface area contributed by atoms with Crippen molar-refractivity contribution in [3.63, 3.8) is 0 Å². The van der Waals surface area contributed by atoms with Crippen LogP contribution in [0, 0.1) is 0 Å². The minimum absolute atomic E-state index is 0.329. The van der Waals surface area contributed by atoms with Gasteiger partial charge in [-0.15, -0.1) is 0 Å². The average Bonchev–Trinajstić information content (AvgIpc) is 2.98. The maximum Gasteiger partial charge on any atom is 0.335 e. The number of carboxylic acids is 1. The van der Waals surface area contributed by atoms with Crippen molar-refractivity contribution in [2.24, 2.45) is 0 Å². The minimum atomic E-state index is -2.05. The molecule has 45 heavy (non-hydrogen) atoms. The van der Waals surface area contributed by atoms with Crippen LogP contribution >= 0.6 is 0 Å². The van der Waals surface area contributed by atoms with E-state index >= 15 is 0 Å². The second kappa shape index (κ2) is 11.9. The van der Waals surface area contributed by atoms with Gasteiger partial charge >= 0.3 is 5.97 Å². The average molecular weight is 641 g/mol. The second-order valence-electron chi connectivity index (χ2n) is 10.4. The Morgan fingerprint density at radius 2 is 1.42 bits per heavy atom. The smallest absolute Gasteiger partial charge is 0.335 e. The van der Waals surface area contributed by atoms with Gasteiger partial charge in [-0.05, 0) is 6.07 Å². The van der Waals surface area contributed by atoms with Crippen LogP contribution in [-0.4, -0.2) is 129 Å². The van der Waals surface area contributed by atoms with Crippen LogP contribution in [0.5, 0.6) is 28.7 Å². The molecule has 2 saturated heterocycles. The molecule has 3 aromatic rings. The summed E-state index contributed by atoms with van der Waals surface area (Å²) in [7, 11) is 0. The molecule has 0 bridgehead atoms. The van der Waals surface area contributed by atoms with Gasteiger partial charge in [-0.25, -0.2) is 4.79 Å². The predicted molar refractivity (Wildman–Crippen MR) is 142 cm³/mol. The van der Waals surface area contributed by atoms with Crippen molar-refractivity contribution < 1.29 is 84.7 Å². The quantitative estimate of drug-likeness (QED) is 0.120. The van der Waals surface area contributed by atoms with Crippen molar-refractivity contribution in [1.29, 1.82) is 0 Å². The monoisotopic (exact) mass is 640 g/mol. The summed E-state index contributed by atoms with van der Waals surface area (Å²) in [5.74, 6) is -6.00. The van der Waals surface area contributed by atoms with E-state index in [2.05, 4.69) is 0 Å². The zero-order chi connectivity index (χ0) is 33.1. The van der Waals surface area contributed by atoms with Gasteiger partial charge in [0.15, 0.2) is 23.0 Å². The summed E-state index contributed by atoms with van der Waals surface area (Å²) in [5, 5.41) is 121. The topological polar surface area (TPSA) is 318 Å². The molecular weight excluding hydrogens is 612 g/mol. The van der Waals surface area contributed by atoms with E-state index in [1.165, 1.54) is 0 Å². The maximum atomic E-state index is 13.3. The summed E-state index contributed by atoms with van der Waals surface area (Å²) in [6, 6.07) is 3.22. The molecule has 2 fully saturated rings. The van der Waals surface area contributed by atoms with Gasteiger partial charge in [-0.1, -0.05) is 0 Å². The molecule has 12 N–H and O–H groups in total. The van der Waals surface area contributed by atoms with E-state index in [4.69, 9.17) is 18.6 Å². The molecule has 10 unspecified atom stereocenters. The Balaban J connectivity index is 1.59. The number of aliphatic hydroxyl groups is 7. The first-order valence-electron chi connectivity index (χ1n) is 13.1. The van der Waals surface area contributed by atoms with Crippen molar-refractivity contribution in [3.8, 4) is 40.1 Å². The van der Waals surface area contributed by atoms with E-state index in [-0.39, 0.29) is 5.56 Å². The number of carbonyl (C=O) groups is 1. The number of phenols is 4. The normalized spacial score (nSPS) is 32.0. The van der Waals surface area contributed by atoms with Gasteiger partial charge in [0, 0.05) is 18.2 Å². The Labute approximate surface area is 250 Å². The first-order chi connectivity index (χ1) is 21.2. The Bertz CT molecular complexity index is 1670. The predicted octanol–water partition coefficient (Wildman–Crippen LogP) is -2.93. The number of phenolic OH excluding ortho intramolecular Hbond substituents is 4. The third-order valence-corrected chi connectivity index (χ3v) is 7.59. The van der Waals surface area contributed by atoms with Crippen LogP contribution in [0.1, 0.15) is 11.7 Å². The van der Waals surface area contributed by atoms with Gasteiger partial charge in [-0.2, -0.15) is 0 Å². The van der Waals surface area contributed by atoms with Crippen molar-refractivity contribution >= 4 is 16.9 Å². The molecule has 10 atom stereocenters. The first kappa shape index (κ1) is 32.2. The van der Waals surface area contributed by atoms with Crippen LogP contribution in [0.4, 0.5) is 0 Å². The van der Waals surface area contributed by atoms with Crippen LogP contribution in [-0.2, 0) is 14.3 Å². The number of aliphatic hydroxyl groups excluding tert-OH is 7. The van der Waals surface area contributed by atoms with Crippen molar-refractivity contribution in [2.45, 2.75) is 61.2 Å².